The van der Waals surface area contributed by atoms with E-state index in [4.69, 9.17) is 9.84 Å². The number of benzene rings is 2. The lowest BCUT2D eigenvalue weighted by Gasteiger charge is -2.37. The van der Waals surface area contributed by atoms with Crippen molar-refractivity contribution < 1.29 is 22.8 Å². The predicted molar refractivity (Wildman–Crippen MR) is 133 cm³/mol. The van der Waals surface area contributed by atoms with E-state index in [2.05, 4.69) is 5.10 Å². The summed E-state index contributed by atoms with van der Waals surface area (Å²) in [4.78, 5) is 15.2. The largest absolute Gasteiger partial charge is 0.486 e. The molecule has 0 aliphatic carbocycles. The molecule has 0 radical (unpaired) electrons. The molecule has 2 aromatic carbocycles. The topological polar surface area (TPSA) is 84.7 Å². The Morgan fingerprint density at radius 2 is 1.71 bits per heavy atom. The second-order valence-corrected chi connectivity index (χ2v) is 11.9. The summed E-state index contributed by atoms with van der Waals surface area (Å²) >= 11 is 0. The Morgan fingerprint density at radius 1 is 1.03 bits per heavy atom. The standard InChI is InChI=1S/C25H29F2N3O4S/c26-20-14-21(27)16-22(15-20)30-25(32)24(34-11-5-4-10-31)23(17-28-30)29-8-12-35(33,13-9-29)18-19-6-2-1-3-7-19/h1-3,6-7,14-17,31,35H,4-5,8-13,18H2. The van der Waals surface area contributed by atoms with Crippen LogP contribution >= 0.6 is 0 Å². The van der Waals surface area contributed by atoms with Gasteiger partial charge in [-0.15, -0.1) is 0 Å². The van der Waals surface area contributed by atoms with Gasteiger partial charge in [0.1, 0.15) is 17.3 Å². The van der Waals surface area contributed by atoms with Crippen LogP contribution in [0.4, 0.5) is 14.5 Å². The normalized spacial score (nSPS) is 16.1. The minimum absolute atomic E-state index is 0.00217. The molecule has 0 unspecified atom stereocenters. The number of ether oxygens (including phenoxy) is 1. The van der Waals surface area contributed by atoms with Gasteiger partial charge in [0, 0.05) is 43.0 Å². The van der Waals surface area contributed by atoms with Crippen molar-refractivity contribution in [2.75, 3.05) is 42.7 Å². The first-order valence-electron chi connectivity index (χ1n) is 11.6. The highest BCUT2D eigenvalue weighted by Gasteiger charge is 2.28. The monoisotopic (exact) mass is 505 g/mol. The molecule has 1 N–H and O–H groups in total. The number of aromatic nitrogens is 2. The van der Waals surface area contributed by atoms with Crippen LogP contribution in [0, 0.1) is 11.6 Å². The number of unbranched alkanes of at least 4 members (excludes halogenated alkanes) is 1. The van der Waals surface area contributed by atoms with Crippen molar-refractivity contribution in [3.63, 3.8) is 0 Å². The zero-order valence-electron chi connectivity index (χ0n) is 19.3. The maximum atomic E-state index is 13.8. The number of hydrogen-bond donors (Lipinski definition) is 2. The SMILES string of the molecule is O=c1c(OCCCCO)c(N2CC[SH](=O)(Cc3ccccc3)CC2)cnn1-c1cc(F)cc(F)c1. The maximum absolute atomic E-state index is 13.8. The van der Waals surface area contributed by atoms with Gasteiger partial charge in [0.2, 0.25) is 5.75 Å². The van der Waals surface area contributed by atoms with E-state index >= 15 is 0 Å². The summed E-state index contributed by atoms with van der Waals surface area (Å²) in [5, 5.41) is 13.2. The van der Waals surface area contributed by atoms with Crippen LogP contribution in [0.2, 0.25) is 0 Å². The van der Waals surface area contributed by atoms with E-state index in [1.54, 1.807) is 0 Å². The third-order valence-electron chi connectivity index (χ3n) is 6.01. The number of anilines is 1. The minimum Gasteiger partial charge on any atom is -0.486 e. The third kappa shape index (κ3) is 6.12. The number of thiol groups is 1. The van der Waals surface area contributed by atoms with Gasteiger partial charge in [0.05, 0.1) is 18.5 Å². The van der Waals surface area contributed by atoms with Crippen LogP contribution in [0.3, 0.4) is 0 Å². The lowest BCUT2D eigenvalue weighted by molar-refractivity contribution is 0.251. The Labute approximate surface area is 203 Å². The molecular formula is C25H29F2N3O4S. The van der Waals surface area contributed by atoms with Crippen LogP contribution in [0.15, 0.2) is 59.5 Å². The Hall–Kier alpha value is -3.11. The Morgan fingerprint density at radius 3 is 2.37 bits per heavy atom. The van der Waals surface area contributed by atoms with Crippen molar-refractivity contribution in [2.24, 2.45) is 0 Å². The lowest BCUT2D eigenvalue weighted by Crippen LogP contribution is -2.45. The molecule has 1 saturated heterocycles. The average molecular weight is 506 g/mol. The van der Waals surface area contributed by atoms with Gasteiger partial charge in [0.25, 0.3) is 0 Å². The summed E-state index contributed by atoms with van der Waals surface area (Å²) < 4.78 is 47.7. The number of nitrogens with zero attached hydrogens (tertiary/aromatic N) is 3. The van der Waals surface area contributed by atoms with Crippen LogP contribution < -0.4 is 15.2 Å². The zero-order valence-corrected chi connectivity index (χ0v) is 20.2. The predicted octanol–water partition coefficient (Wildman–Crippen LogP) is 2.70. The quantitative estimate of drug-likeness (QED) is 0.344. The van der Waals surface area contributed by atoms with E-state index in [1.165, 1.54) is 6.20 Å². The van der Waals surface area contributed by atoms with E-state index in [0.717, 1.165) is 28.4 Å². The number of halogens is 2. The molecule has 1 aliphatic heterocycles. The highest BCUT2D eigenvalue weighted by Crippen LogP contribution is 2.28. The van der Waals surface area contributed by atoms with Gasteiger partial charge in [-0.05, 0) is 30.5 Å². The fourth-order valence-electron chi connectivity index (χ4n) is 4.17. The summed E-state index contributed by atoms with van der Waals surface area (Å²) in [7, 11) is -2.42. The van der Waals surface area contributed by atoms with Gasteiger partial charge in [0.15, 0.2) is 0 Å². The van der Waals surface area contributed by atoms with Crippen LogP contribution in [0.1, 0.15) is 18.4 Å². The fourth-order valence-corrected chi connectivity index (χ4v) is 6.80. The fraction of sp³-hybridized carbons (Fsp3) is 0.360. The molecule has 3 aromatic rings. The highest BCUT2D eigenvalue weighted by atomic mass is 32.2. The molecule has 4 rings (SSSR count). The molecule has 0 spiro atoms. The maximum Gasteiger partial charge on any atom is 0.316 e. The van der Waals surface area contributed by atoms with Gasteiger partial charge < -0.3 is 14.7 Å². The van der Waals surface area contributed by atoms with E-state index in [0.29, 0.717) is 48.9 Å². The van der Waals surface area contributed by atoms with E-state index in [9.17, 15) is 17.8 Å². The van der Waals surface area contributed by atoms with E-state index in [1.807, 2.05) is 35.2 Å². The molecule has 0 saturated carbocycles. The Balaban J connectivity index is 1.59. The second-order valence-electron chi connectivity index (χ2n) is 8.62. The van der Waals surface area contributed by atoms with Crippen molar-refractivity contribution in [3.05, 3.63) is 82.3 Å². The first-order chi connectivity index (χ1) is 16.9. The van der Waals surface area contributed by atoms with Gasteiger partial charge in [-0.3, -0.25) is 9.00 Å². The molecule has 0 atom stereocenters. The number of aliphatic hydroxyl groups is 1. The number of aliphatic hydroxyl groups excluding tert-OH is 1. The van der Waals surface area contributed by atoms with Crippen molar-refractivity contribution in [1.82, 2.24) is 9.78 Å². The molecule has 0 amide bonds. The Bertz CT molecular complexity index is 1240. The van der Waals surface area contributed by atoms with Gasteiger partial charge in [-0.1, -0.05) is 40.3 Å². The first kappa shape index (κ1) is 25.0. The third-order valence-corrected chi connectivity index (χ3v) is 8.99. The van der Waals surface area contributed by atoms with Gasteiger partial charge >= 0.3 is 5.56 Å². The molecule has 7 nitrogen and oxygen atoms in total. The lowest BCUT2D eigenvalue weighted by atomic mass is 10.2. The van der Waals surface area contributed by atoms with Crippen LogP contribution in [-0.2, 0) is 15.7 Å². The van der Waals surface area contributed by atoms with Crippen LogP contribution in [-0.4, -0.2) is 56.9 Å². The number of rotatable bonds is 9. The summed E-state index contributed by atoms with van der Waals surface area (Å²) in [5.41, 5.74) is 0.807. The minimum atomic E-state index is -2.42. The molecular weight excluding hydrogens is 476 g/mol. The average Bonchev–Trinajstić information content (AvgIpc) is 2.83. The summed E-state index contributed by atoms with van der Waals surface area (Å²) in [5.74, 6) is -0.116. The summed E-state index contributed by atoms with van der Waals surface area (Å²) in [6, 6.07) is 12.5. The van der Waals surface area contributed by atoms with Crippen molar-refractivity contribution >= 4 is 15.6 Å². The summed E-state index contributed by atoms with van der Waals surface area (Å²) in [6.45, 7) is 1.13. The van der Waals surface area contributed by atoms with Crippen LogP contribution in [0.25, 0.3) is 5.69 Å². The van der Waals surface area contributed by atoms with E-state index < -0.39 is 27.1 Å². The molecule has 1 aromatic heterocycles. The number of hydrogen-bond acceptors (Lipinski definition) is 6. The van der Waals surface area contributed by atoms with Crippen molar-refractivity contribution in [2.45, 2.75) is 18.6 Å². The van der Waals surface area contributed by atoms with Crippen molar-refractivity contribution in [1.29, 1.82) is 0 Å². The molecule has 10 heteroatoms. The van der Waals surface area contributed by atoms with Crippen LogP contribution in [0.5, 0.6) is 5.75 Å². The van der Waals surface area contributed by atoms with Gasteiger partial charge in [-0.2, -0.15) is 9.78 Å². The Kier molecular flexibility index (Phi) is 7.92. The smallest absolute Gasteiger partial charge is 0.316 e. The zero-order chi connectivity index (χ0) is 24.8. The molecule has 1 aliphatic rings. The second kappa shape index (κ2) is 11.1. The van der Waals surface area contributed by atoms with E-state index in [-0.39, 0.29) is 24.7 Å². The highest BCUT2D eigenvalue weighted by molar-refractivity contribution is 8.02. The van der Waals surface area contributed by atoms with Crippen molar-refractivity contribution in [3.8, 4) is 11.4 Å². The molecule has 1 fully saturated rings. The summed E-state index contributed by atoms with van der Waals surface area (Å²) in [6.07, 6.45) is 2.48. The molecule has 2 heterocycles. The first-order valence-corrected chi connectivity index (χ1v) is 13.8. The van der Waals surface area contributed by atoms with Gasteiger partial charge in [-0.25, -0.2) is 8.78 Å². The molecule has 0 bridgehead atoms. The molecule has 188 valence electrons. The molecule has 35 heavy (non-hydrogen) atoms.